The van der Waals surface area contributed by atoms with E-state index in [0.29, 0.717) is 23.8 Å². The molecule has 3 nitrogen and oxygen atoms in total. The van der Waals surface area contributed by atoms with Crippen LogP contribution in [0.3, 0.4) is 0 Å². The highest BCUT2D eigenvalue weighted by Gasteiger charge is 2.28. The van der Waals surface area contributed by atoms with Gasteiger partial charge in [-0.15, -0.1) is 0 Å². The van der Waals surface area contributed by atoms with Crippen molar-refractivity contribution >= 4 is 5.97 Å². The molecule has 0 radical (unpaired) electrons. The molecule has 0 N–H and O–H groups in total. The highest BCUT2D eigenvalue weighted by molar-refractivity contribution is 5.95. The first kappa shape index (κ1) is 9.06. The monoisotopic (exact) mass is 192 g/mol. The molecule has 0 saturated carbocycles. The lowest BCUT2D eigenvalue weighted by Gasteiger charge is -2.05. The van der Waals surface area contributed by atoms with Gasteiger partial charge in [-0.2, -0.15) is 0 Å². The van der Waals surface area contributed by atoms with Crippen molar-refractivity contribution in [3.8, 4) is 11.5 Å². The lowest BCUT2D eigenvalue weighted by molar-refractivity contribution is 0.0458. The van der Waals surface area contributed by atoms with Gasteiger partial charge < -0.3 is 9.47 Å². The maximum atomic E-state index is 11.5. The van der Waals surface area contributed by atoms with E-state index >= 15 is 0 Å². The molecule has 1 aliphatic rings. The lowest BCUT2D eigenvalue weighted by Crippen LogP contribution is -2.09. The zero-order valence-corrected chi connectivity index (χ0v) is 8.24. The van der Waals surface area contributed by atoms with Crippen molar-refractivity contribution in [3.63, 3.8) is 0 Å². The molecule has 0 fully saturated rings. The van der Waals surface area contributed by atoms with Crippen LogP contribution < -0.4 is 4.74 Å². The number of ether oxygens (including phenoxy) is 2. The summed E-state index contributed by atoms with van der Waals surface area (Å²) in [5.41, 5.74) is 0.531. The molecule has 14 heavy (non-hydrogen) atoms. The summed E-state index contributed by atoms with van der Waals surface area (Å²) in [6, 6.07) is 5.33. The first-order chi connectivity index (χ1) is 6.68. The Hall–Kier alpha value is -1.51. The molecule has 3 heteroatoms. The zero-order chi connectivity index (χ0) is 10.1. The second-order valence-corrected chi connectivity index (χ2v) is 3.73. The zero-order valence-electron chi connectivity index (χ0n) is 8.24. The van der Waals surface area contributed by atoms with Gasteiger partial charge in [-0.25, -0.2) is 4.79 Å². The van der Waals surface area contributed by atoms with Crippen molar-refractivity contribution in [1.29, 1.82) is 0 Å². The maximum absolute atomic E-state index is 11.5. The standard InChI is InChI=1S/C11H12O3/c1-7(2)6-13-11(12)8-4-3-5-9-10(8)14-9/h3-5,7H,6H2,1-2H3. The summed E-state index contributed by atoms with van der Waals surface area (Å²) in [5, 5.41) is 0. The number of hydrogen-bond acceptors (Lipinski definition) is 3. The Morgan fingerprint density at radius 1 is 1.50 bits per heavy atom. The van der Waals surface area contributed by atoms with Gasteiger partial charge in [0.15, 0.2) is 11.5 Å². The van der Waals surface area contributed by atoms with Crippen molar-refractivity contribution in [1.82, 2.24) is 0 Å². The molecule has 0 bridgehead atoms. The minimum Gasteiger partial charge on any atom is -0.462 e. The minimum absolute atomic E-state index is 0.298. The summed E-state index contributed by atoms with van der Waals surface area (Å²) in [4.78, 5) is 11.5. The largest absolute Gasteiger partial charge is 0.462 e. The van der Waals surface area contributed by atoms with E-state index in [-0.39, 0.29) is 5.97 Å². The molecule has 1 aromatic rings. The Bertz CT molecular complexity index is 369. The molecule has 0 unspecified atom stereocenters. The number of carbonyl (C=O) groups is 1. The van der Waals surface area contributed by atoms with Gasteiger partial charge in [-0.1, -0.05) is 19.9 Å². The van der Waals surface area contributed by atoms with Crippen molar-refractivity contribution < 1.29 is 14.3 Å². The van der Waals surface area contributed by atoms with Crippen LogP contribution in [0.1, 0.15) is 24.2 Å². The van der Waals surface area contributed by atoms with E-state index in [9.17, 15) is 4.79 Å². The lowest BCUT2D eigenvalue weighted by atomic mass is 10.2. The first-order valence-electron chi connectivity index (χ1n) is 4.66. The van der Waals surface area contributed by atoms with E-state index in [0.717, 1.165) is 5.75 Å². The van der Waals surface area contributed by atoms with Gasteiger partial charge in [0.2, 0.25) is 0 Å². The van der Waals surface area contributed by atoms with Gasteiger partial charge in [0.05, 0.1) is 6.61 Å². The summed E-state index contributed by atoms with van der Waals surface area (Å²) in [6.07, 6.45) is 0. The highest BCUT2D eigenvalue weighted by Crippen LogP contribution is 2.47. The van der Waals surface area contributed by atoms with Crippen LogP contribution in [-0.2, 0) is 4.74 Å². The number of rotatable bonds is 3. The van der Waals surface area contributed by atoms with Crippen LogP contribution in [-0.4, -0.2) is 12.6 Å². The molecule has 0 aliphatic carbocycles. The number of para-hydroxylation sites is 1. The van der Waals surface area contributed by atoms with Gasteiger partial charge in [0.1, 0.15) is 5.56 Å². The number of hydrogen-bond donors (Lipinski definition) is 0. The topological polar surface area (TPSA) is 38.8 Å². The third-order valence-corrected chi connectivity index (χ3v) is 1.92. The van der Waals surface area contributed by atoms with Gasteiger partial charge in [0, 0.05) is 0 Å². The van der Waals surface area contributed by atoms with Crippen LogP contribution in [0.15, 0.2) is 18.2 Å². The molecule has 1 heterocycles. The predicted octanol–water partition coefficient (Wildman–Crippen LogP) is 2.61. The molecule has 0 amide bonds. The van der Waals surface area contributed by atoms with E-state index in [1.807, 2.05) is 19.9 Å². The molecule has 0 saturated heterocycles. The molecular weight excluding hydrogens is 180 g/mol. The van der Waals surface area contributed by atoms with E-state index in [1.54, 1.807) is 12.1 Å². The van der Waals surface area contributed by atoms with Crippen LogP contribution in [0.25, 0.3) is 0 Å². The second kappa shape index (κ2) is 3.33. The van der Waals surface area contributed by atoms with Crippen LogP contribution in [0.5, 0.6) is 11.5 Å². The first-order valence-corrected chi connectivity index (χ1v) is 4.66. The number of benzene rings is 1. The SMILES string of the molecule is CC(C)COC(=O)c1cccc2c1O2. The van der Waals surface area contributed by atoms with Crippen molar-refractivity contribution in [3.05, 3.63) is 23.8 Å². The van der Waals surface area contributed by atoms with E-state index < -0.39 is 0 Å². The molecule has 1 aliphatic heterocycles. The predicted molar refractivity (Wildman–Crippen MR) is 51.6 cm³/mol. The van der Waals surface area contributed by atoms with Crippen molar-refractivity contribution in [2.45, 2.75) is 13.8 Å². The summed E-state index contributed by atoms with van der Waals surface area (Å²) in [7, 11) is 0. The fourth-order valence-corrected chi connectivity index (χ4v) is 1.17. The van der Waals surface area contributed by atoms with Gasteiger partial charge in [-0.3, -0.25) is 0 Å². The maximum Gasteiger partial charge on any atom is 0.342 e. The van der Waals surface area contributed by atoms with Crippen molar-refractivity contribution in [2.75, 3.05) is 6.61 Å². The molecule has 0 atom stereocenters. The van der Waals surface area contributed by atoms with Crippen molar-refractivity contribution in [2.24, 2.45) is 5.92 Å². The summed E-state index contributed by atoms with van der Waals surface area (Å²) in [5.74, 6) is 1.51. The van der Waals surface area contributed by atoms with Crippen LogP contribution in [0.2, 0.25) is 0 Å². The van der Waals surface area contributed by atoms with E-state index in [4.69, 9.17) is 9.47 Å². The van der Waals surface area contributed by atoms with Crippen LogP contribution in [0, 0.1) is 5.92 Å². The minimum atomic E-state index is -0.298. The normalized spacial score (nSPS) is 11.9. The molecular formula is C11H12O3. The average molecular weight is 192 g/mol. The van der Waals surface area contributed by atoms with Gasteiger partial charge in [0.25, 0.3) is 0 Å². The van der Waals surface area contributed by atoms with Gasteiger partial charge in [-0.05, 0) is 18.1 Å². The number of carbonyl (C=O) groups excluding carboxylic acids is 1. The number of esters is 1. The Morgan fingerprint density at radius 3 is 3.00 bits per heavy atom. The second-order valence-electron chi connectivity index (χ2n) is 3.73. The molecule has 2 rings (SSSR count). The third-order valence-electron chi connectivity index (χ3n) is 1.92. The van der Waals surface area contributed by atoms with E-state index in [1.165, 1.54) is 0 Å². The summed E-state index contributed by atoms with van der Waals surface area (Å²) in [6.45, 7) is 4.45. The fraction of sp³-hybridized carbons (Fsp3) is 0.364. The van der Waals surface area contributed by atoms with E-state index in [2.05, 4.69) is 0 Å². The molecule has 0 spiro atoms. The molecule has 1 aromatic carbocycles. The highest BCUT2D eigenvalue weighted by atomic mass is 16.6. The fourth-order valence-electron chi connectivity index (χ4n) is 1.17. The third kappa shape index (κ3) is 1.71. The summed E-state index contributed by atoms with van der Waals surface area (Å²) < 4.78 is 10.2. The smallest absolute Gasteiger partial charge is 0.342 e. The van der Waals surface area contributed by atoms with Crippen LogP contribution in [0.4, 0.5) is 0 Å². The number of fused-ring (bicyclic) bond motifs is 1. The van der Waals surface area contributed by atoms with Gasteiger partial charge >= 0.3 is 5.97 Å². The quantitative estimate of drug-likeness (QED) is 0.554. The molecule has 74 valence electrons. The summed E-state index contributed by atoms with van der Waals surface area (Å²) >= 11 is 0. The Labute approximate surface area is 82.6 Å². The molecule has 0 aromatic heterocycles. The Morgan fingerprint density at radius 2 is 2.29 bits per heavy atom. The Kier molecular flexibility index (Phi) is 2.15. The Balaban J connectivity index is 2.03. The van der Waals surface area contributed by atoms with Crippen LogP contribution >= 0.6 is 0 Å². The average Bonchev–Trinajstić information content (AvgIpc) is 2.91.